The molecule has 0 aromatic heterocycles. The Labute approximate surface area is 98.9 Å². The van der Waals surface area contributed by atoms with Crippen molar-refractivity contribution in [2.24, 2.45) is 0 Å². The van der Waals surface area contributed by atoms with E-state index < -0.39 is 5.60 Å². The van der Waals surface area contributed by atoms with Gasteiger partial charge in [-0.2, -0.15) is 0 Å². The van der Waals surface area contributed by atoms with Gasteiger partial charge in [-0.15, -0.1) is 0 Å². The number of aryl methyl sites for hydroxylation is 2. The molecule has 1 N–H and O–H groups in total. The van der Waals surface area contributed by atoms with E-state index in [9.17, 15) is 5.11 Å². The maximum Gasteiger partial charge on any atom is 0.0787 e. The van der Waals surface area contributed by atoms with Crippen molar-refractivity contribution in [3.05, 3.63) is 34.9 Å². The summed E-state index contributed by atoms with van der Waals surface area (Å²) >= 11 is 0. The van der Waals surface area contributed by atoms with E-state index in [4.69, 9.17) is 0 Å². The highest BCUT2D eigenvalue weighted by atomic mass is 16.3. The maximum absolute atomic E-state index is 10.3. The number of likely N-dealkylation sites (N-methyl/N-ethyl adjacent to an activating group) is 1. The summed E-state index contributed by atoms with van der Waals surface area (Å²) in [5, 5.41) is 10.3. The Morgan fingerprint density at radius 1 is 1.19 bits per heavy atom. The Kier molecular flexibility index (Phi) is 3.76. The number of hydrogen-bond acceptors (Lipinski definition) is 2. The van der Waals surface area contributed by atoms with Crippen molar-refractivity contribution in [1.29, 1.82) is 0 Å². The summed E-state index contributed by atoms with van der Waals surface area (Å²) < 4.78 is 0. The van der Waals surface area contributed by atoms with E-state index in [0.29, 0.717) is 0 Å². The SMILES string of the molecule is Cc1ccc(C(N(C)C)C(C)(C)O)c(C)c1. The highest BCUT2D eigenvalue weighted by Crippen LogP contribution is 2.32. The molecule has 1 aromatic rings. The zero-order valence-corrected chi connectivity index (χ0v) is 11.2. The van der Waals surface area contributed by atoms with Gasteiger partial charge >= 0.3 is 0 Å². The second kappa shape index (κ2) is 4.56. The van der Waals surface area contributed by atoms with Gasteiger partial charge in [0.1, 0.15) is 0 Å². The normalized spacial score (nSPS) is 14.2. The van der Waals surface area contributed by atoms with Crippen LogP contribution in [0.25, 0.3) is 0 Å². The van der Waals surface area contributed by atoms with E-state index in [1.807, 2.05) is 27.9 Å². The summed E-state index contributed by atoms with van der Waals surface area (Å²) in [4.78, 5) is 2.07. The minimum atomic E-state index is -0.747. The Morgan fingerprint density at radius 2 is 1.75 bits per heavy atom. The standard InChI is InChI=1S/C14H23NO/c1-10-7-8-12(11(2)9-10)13(15(5)6)14(3,4)16/h7-9,13,16H,1-6H3. The number of rotatable bonds is 3. The minimum Gasteiger partial charge on any atom is -0.388 e. The lowest BCUT2D eigenvalue weighted by atomic mass is 9.88. The maximum atomic E-state index is 10.3. The molecule has 0 heterocycles. The van der Waals surface area contributed by atoms with Crippen LogP contribution >= 0.6 is 0 Å². The van der Waals surface area contributed by atoms with Crippen LogP contribution in [-0.2, 0) is 0 Å². The second-order valence-electron chi connectivity index (χ2n) is 5.38. The second-order valence-corrected chi connectivity index (χ2v) is 5.38. The molecule has 16 heavy (non-hydrogen) atoms. The number of aliphatic hydroxyl groups is 1. The van der Waals surface area contributed by atoms with Crippen molar-refractivity contribution < 1.29 is 5.11 Å². The van der Waals surface area contributed by atoms with Crippen molar-refractivity contribution >= 4 is 0 Å². The van der Waals surface area contributed by atoms with Crippen molar-refractivity contribution in [2.45, 2.75) is 39.3 Å². The predicted octanol–water partition coefficient (Wildman–Crippen LogP) is 2.68. The summed E-state index contributed by atoms with van der Waals surface area (Å²) in [6.07, 6.45) is 0. The number of hydrogen-bond donors (Lipinski definition) is 1. The van der Waals surface area contributed by atoms with E-state index in [2.05, 4.69) is 36.9 Å². The first-order chi connectivity index (χ1) is 7.23. The molecule has 1 atom stereocenters. The van der Waals surface area contributed by atoms with Gasteiger partial charge in [0.15, 0.2) is 0 Å². The van der Waals surface area contributed by atoms with Crippen LogP contribution in [-0.4, -0.2) is 29.7 Å². The molecule has 0 saturated carbocycles. The monoisotopic (exact) mass is 221 g/mol. The summed E-state index contributed by atoms with van der Waals surface area (Å²) in [5.74, 6) is 0. The highest BCUT2D eigenvalue weighted by molar-refractivity contribution is 5.34. The van der Waals surface area contributed by atoms with Gasteiger partial charge in [-0.1, -0.05) is 23.8 Å². The predicted molar refractivity (Wildman–Crippen MR) is 68.6 cm³/mol. The van der Waals surface area contributed by atoms with Gasteiger partial charge in [0, 0.05) is 0 Å². The minimum absolute atomic E-state index is 0.0214. The topological polar surface area (TPSA) is 23.5 Å². The van der Waals surface area contributed by atoms with Crippen LogP contribution in [0.1, 0.15) is 36.6 Å². The zero-order chi connectivity index (χ0) is 12.5. The molecule has 0 radical (unpaired) electrons. The molecule has 0 aliphatic heterocycles. The van der Waals surface area contributed by atoms with E-state index in [-0.39, 0.29) is 6.04 Å². The Morgan fingerprint density at radius 3 is 2.12 bits per heavy atom. The molecule has 1 rings (SSSR count). The molecule has 1 aromatic carbocycles. The van der Waals surface area contributed by atoms with Gasteiger partial charge in [-0.05, 0) is 52.9 Å². The molecule has 90 valence electrons. The fraction of sp³-hybridized carbons (Fsp3) is 0.571. The van der Waals surface area contributed by atoms with Gasteiger partial charge in [-0.3, -0.25) is 4.90 Å². The molecule has 0 bridgehead atoms. The molecular formula is C14H23NO. The van der Waals surface area contributed by atoms with Crippen LogP contribution in [0.2, 0.25) is 0 Å². The van der Waals surface area contributed by atoms with E-state index in [1.54, 1.807) is 0 Å². The summed E-state index contributed by atoms with van der Waals surface area (Å²) in [7, 11) is 4.00. The summed E-state index contributed by atoms with van der Waals surface area (Å²) in [6, 6.07) is 6.41. The molecule has 0 spiro atoms. The third-order valence-electron chi connectivity index (χ3n) is 2.91. The van der Waals surface area contributed by atoms with Crippen molar-refractivity contribution in [3.8, 4) is 0 Å². The Bertz CT molecular complexity index is 363. The average molecular weight is 221 g/mol. The third-order valence-corrected chi connectivity index (χ3v) is 2.91. The van der Waals surface area contributed by atoms with Crippen LogP contribution in [0.15, 0.2) is 18.2 Å². The molecule has 2 nitrogen and oxygen atoms in total. The highest BCUT2D eigenvalue weighted by Gasteiger charge is 2.31. The molecule has 0 aliphatic rings. The van der Waals surface area contributed by atoms with Crippen molar-refractivity contribution in [3.63, 3.8) is 0 Å². The first kappa shape index (κ1) is 13.2. The molecule has 0 aliphatic carbocycles. The molecular weight excluding hydrogens is 198 g/mol. The third kappa shape index (κ3) is 2.83. The van der Waals surface area contributed by atoms with Crippen LogP contribution < -0.4 is 0 Å². The molecule has 0 saturated heterocycles. The first-order valence-electron chi connectivity index (χ1n) is 5.69. The lowest BCUT2D eigenvalue weighted by molar-refractivity contribution is -0.00343. The number of nitrogens with zero attached hydrogens (tertiary/aromatic N) is 1. The smallest absolute Gasteiger partial charge is 0.0787 e. The van der Waals surface area contributed by atoms with Crippen LogP contribution in [0, 0.1) is 13.8 Å². The van der Waals surface area contributed by atoms with Gasteiger partial charge in [-0.25, -0.2) is 0 Å². The summed E-state index contributed by atoms with van der Waals surface area (Å²) in [5.41, 5.74) is 2.95. The summed E-state index contributed by atoms with van der Waals surface area (Å²) in [6.45, 7) is 7.91. The van der Waals surface area contributed by atoms with Crippen LogP contribution in [0.3, 0.4) is 0 Å². The van der Waals surface area contributed by atoms with E-state index in [1.165, 1.54) is 16.7 Å². The Hall–Kier alpha value is -0.860. The lowest BCUT2D eigenvalue weighted by Crippen LogP contribution is -2.38. The largest absolute Gasteiger partial charge is 0.388 e. The Balaban J connectivity index is 3.22. The van der Waals surface area contributed by atoms with Crippen LogP contribution in [0.4, 0.5) is 0 Å². The van der Waals surface area contributed by atoms with Gasteiger partial charge < -0.3 is 5.11 Å². The van der Waals surface area contributed by atoms with Gasteiger partial charge in [0.2, 0.25) is 0 Å². The fourth-order valence-corrected chi connectivity index (χ4v) is 2.42. The van der Waals surface area contributed by atoms with Gasteiger partial charge in [0.25, 0.3) is 0 Å². The quantitative estimate of drug-likeness (QED) is 0.848. The van der Waals surface area contributed by atoms with E-state index in [0.717, 1.165) is 0 Å². The number of benzene rings is 1. The average Bonchev–Trinajstić information content (AvgIpc) is 2.06. The fourth-order valence-electron chi connectivity index (χ4n) is 2.42. The molecule has 0 amide bonds. The first-order valence-corrected chi connectivity index (χ1v) is 5.69. The lowest BCUT2D eigenvalue weighted by Gasteiger charge is -2.36. The van der Waals surface area contributed by atoms with Crippen LogP contribution in [0.5, 0.6) is 0 Å². The van der Waals surface area contributed by atoms with E-state index >= 15 is 0 Å². The van der Waals surface area contributed by atoms with Crippen molar-refractivity contribution in [2.75, 3.05) is 14.1 Å². The molecule has 1 unspecified atom stereocenters. The molecule has 0 fully saturated rings. The van der Waals surface area contributed by atoms with Gasteiger partial charge in [0.05, 0.1) is 11.6 Å². The van der Waals surface area contributed by atoms with Crippen molar-refractivity contribution in [1.82, 2.24) is 4.90 Å². The molecule has 2 heteroatoms. The zero-order valence-electron chi connectivity index (χ0n) is 11.2.